The van der Waals surface area contributed by atoms with Gasteiger partial charge in [0.15, 0.2) is 0 Å². The maximum atomic E-state index is 4.56. The molecule has 2 heteroatoms. The highest BCUT2D eigenvalue weighted by Gasteiger charge is 2.20. The van der Waals surface area contributed by atoms with Crippen LogP contribution in [0.1, 0.15) is 58.8 Å². The first kappa shape index (κ1) is 13.1. The van der Waals surface area contributed by atoms with Crippen LogP contribution in [0.15, 0.2) is 4.99 Å². The standard InChI is InChI=1S/C13H25NS/c1-3-5-6-7-8-9-12(4-2)13-10-15-11-14-13/h11-13H,3-10H2,1-2H3. The maximum Gasteiger partial charge on any atom is 0.0627 e. The number of hydrogen-bond donors (Lipinski definition) is 0. The van der Waals surface area contributed by atoms with Crippen molar-refractivity contribution in [3.63, 3.8) is 0 Å². The highest BCUT2D eigenvalue weighted by Crippen LogP contribution is 2.26. The van der Waals surface area contributed by atoms with Gasteiger partial charge in [0.2, 0.25) is 0 Å². The molecule has 1 nitrogen and oxygen atoms in total. The predicted molar refractivity (Wildman–Crippen MR) is 71.9 cm³/mol. The highest BCUT2D eigenvalue weighted by molar-refractivity contribution is 8.12. The summed E-state index contributed by atoms with van der Waals surface area (Å²) in [5.74, 6) is 2.07. The van der Waals surface area contributed by atoms with Gasteiger partial charge in [-0.2, -0.15) is 0 Å². The fourth-order valence-corrected chi connectivity index (χ4v) is 3.13. The van der Waals surface area contributed by atoms with E-state index in [1.807, 2.05) is 17.3 Å². The van der Waals surface area contributed by atoms with E-state index in [1.165, 1.54) is 50.7 Å². The van der Waals surface area contributed by atoms with E-state index < -0.39 is 0 Å². The largest absolute Gasteiger partial charge is 0.282 e. The molecule has 0 saturated heterocycles. The van der Waals surface area contributed by atoms with Crippen molar-refractivity contribution in [2.75, 3.05) is 5.75 Å². The second kappa shape index (κ2) is 8.20. The third kappa shape index (κ3) is 5.05. The number of thioether (sulfide) groups is 1. The number of nitrogens with zero attached hydrogens (tertiary/aromatic N) is 1. The SMILES string of the molecule is CCCCCCCC(CC)C1CSC=N1. The van der Waals surface area contributed by atoms with E-state index in [2.05, 4.69) is 18.8 Å². The number of unbranched alkanes of at least 4 members (excludes halogenated alkanes) is 4. The van der Waals surface area contributed by atoms with Crippen LogP contribution in [0.2, 0.25) is 0 Å². The summed E-state index contributed by atoms with van der Waals surface area (Å²) in [6.45, 7) is 4.59. The van der Waals surface area contributed by atoms with E-state index in [9.17, 15) is 0 Å². The van der Waals surface area contributed by atoms with Crippen LogP contribution < -0.4 is 0 Å². The molecule has 0 aliphatic carbocycles. The zero-order valence-corrected chi connectivity index (χ0v) is 11.1. The van der Waals surface area contributed by atoms with Crippen LogP contribution in [-0.4, -0.2) is 17.3 Å². The molecule has 0 N–H and O–H groups in total. The molecule has 15 heavy (non-hydrogen) atoms. The maximum absolute atomic E-state index is 4.56. The molecule has 0 bridgehead atoms. The van der Waals surface area contributed by atoms with E-state index in [-0.39, 0.29) is 0 Å². The van der Waals surface area contributed by atoms with Crippen molar-refractivity contribution in [3.05, 3.63) is 0 Å². The highest BCUT2D eigenvalue weighted by atomic mass is 32.2. The van der Waals surface area contributed by atoms with Crippen molar-refractivity contribution in [2.45, 2.75) is 64.8 Å². The smallest absolute Gasteiger partial charge is 0.0627 e. The van der Waals surface area contributed by atoms with Gasteiger partial charge < -0.3 is 0 Å². The minimum Gasteiger partial charge on any atom is -0.282 e. The summed E-state index contributed by atoms with van der Waals surface area (Å²) in [6.07, 6.45) is 9.72. The average molecular weight is 227 g/mol. The molecular formula is C13H25NS. The Balaban J connectivity index is 2.08. The molecule has 1 aliphatic rings. The van der Waals surface area contributed by atoms with Crippen LogP contribution >= 0.6 is 11.8 Å². The molecule has 1 heterocycles. The summed E-state index contributed by atoms with van der Waals surface area (Å²) in [6, 6.07) is 0.631. The fourth-order valence-electron chi connectivity index (χ4n) is 2.24. The lowest BCUT2D eigenvalue weighted by atomic mass is 9.92. The molecule has 0 saturated carbocycles. The summed E-state index contributed by atoms with van der Waals surface area (Å²) in [4.78, 5) is 4.56. The lowest BCUT2D eigenvalue weighted by Crippen LogP contribution is -2.18. The fraction of sp³-hybridized carbons (Fsp3) is 0.923. The average Bonchev–Trinajstić information content (AvgIpc) is 2.77. The summed E-state index contributed by atoms with van der Waals surface area (Å²) >= 11 is 1.88. The van der Waals surface area contributed by atoms with Gasteiger partial charge in [-0.1, -0.05) is 52.4 Å². The summed E-state index contributed by atoms with van der Waals surface area (Å²) in [7, 11) is 0. The molecule has 0 spiro atoms. The van der Waals surface area contributed by atoms with Crippen molar-refractivity contribution in [1.82, 2.24) is 0 Å². The van der Waals surface area contributed by atoms with E-state index >= 15 is 0 Å². The van der Waals surface area contributed by atoms with E-state index in [0.29, 0.717) is 6.04 Å². The van der Waals surface area contributed by atoms with Crippen LogP contribution in [0.4, 0.5) is 0 Å². The van der Waals surface area contributed by atoms with Gasteiger partial charge in [-0.15, -0.1) is 11.8 Å². The second-order valence-corrected chi connectivity index (χ2v) is 5.40. The van der Waals surface area contributed by atoms with Gasteiger partial charge in [0.05, 0.1) is 11.6 Å². The predicted octanol–water partition coefficient (Wildman–Crippen LogP) is 4.52. The summed E-state index contributed by atoms with van der Waals surface area (Å²) < 4.78 is 0. The summed E-state index contributed by atoms with van der Waals surface area (Å²) in [5, 5.41) is 0. The molecule has 0 radical (unpaired) electrons. The summed E-state index contributed by atoms with van der Waals surface area (Å²) in [5.41, 5.74) is 2.05. The van der Waals surface area contributed by atoms with Crippen molar-refractivity contribution >= 4 is 17.3 Å². The Bertz CT molecular complexity index is 179. The first-order chi connectivity index (χ1) is 7.38. The molecule has 0 amide bonds. The Morgan fingerprint density at radius 3 is 2.67 bits per heavy atom. The topological polar surface area (TPSA) is 12.4 Å². The molecular weight excluding hydrogens is 202 g/mol. The molecule has 2 unspecified atom stereocenters. The zero-order valence-electron chi connectivity index (χ0n) is 10.2. The van der Waals surface area contributed by atoms with Crippen LogP contribution in [0, 0.1) is 5.92 Å². The lowest BCUT2D eigenvalue weighted by molar-refractivity contribution is 0.390. The van der Waals surface area contributed by atoms with Crippen LogP contribution in [-0.2, 0) is 0 Å². The molecule has 2 atom stereocenters. The number of hydrogen-bond acceptors (Lipinski definition) is 2. The monoisotopic (exact) mass is 227 g/mol. The van der Waals surface area contributed by atoms with Crippen molar-refractivity contribution in [1.29, 1.82) is 0 Å². The van der Waals surface area contributed by atoms with Crippen molar-refractivity contribution in [3.8, 4) is 0 Å². The third-order valence-corrected chi connectivity index (χ3v) is 4.15. The molecule has 1 rings (SSSR count). The van der Waals surface area contributed by atoms with Crippen LogP contribution in [0.3, 0.4) is 0 Å². The second-order valence-electron chi connectivity index (χ2n) is 4.53. The van der Waals surface area contributed by atoms with Gasteiger partial charge >= 0.3 is 0 Å². The third-order valence-electron chi connectivity index (χ3n) is 3.34. The van der Waals surface area contributed by atoms with Gasteiger partial charge in [0.25, 0.3) is 0 Å². The Labute approximate surface area is 99.1 Å². The van der Waals surface area contributed by atoms with Crippen LogP contribution in [0.5, 0.6) is 0 Å². The number of aliphatic imine (C=N–C) groups is 1. The molecule has 0 fully saturated rings. The minimum absolute atomic E-state index is 0.631. The first-order valence-corrected chi connectivity index (χ1v) is 7.56. The number of rotatable bonds is 8. The normalized spacial score (nSPS) is 22.1. The zero-order chi connectivity index (χ0) is 10.9. The lowest BCUT2D eigenvalue weighted by Gasteiger charge is -2.19. The van der Waals surface area contributed by atoms with Gasteiger partial charge in [0.1, 0.15) is 0 Å². The Morgan fingerprint density at radius 1 is 1.27 bits per heavy atom. The Kier molecular flexibility index (Phi) is 7.16. The van der Waals surface area contributed by atoms with Gasteiger partial charge in [-0.05, 0) is 12.3 Å². The van der Waals surface area contributed by atoms with Crippen molar-refractivity contribution in [2.24, 2.45) is 10.9 Å². The quantitative estimate of drug-likeness (QED) is 0.555. The Morgan fingerprint density at radius 2 is 2.07 bits per heavy atom. The first-order valence-electron chi connectivity index (χ1n) is 6.51. The van der Waals surface area contributed by atoms with Crippen LogP contribution in [0.25, 0.3) is 0 Å². The molecule has 0 aromatic heterocycles. The molecule has 1 aliphatic heterocycles. The molecule has 0 aromatic rings. The van der Waals surface area contributed by atoms with Crippen molar-refractivity contribution < 1.29 is 0 Å². The van der Waals surface area contributed by atoms with E-state index in [0.717, 1.165) is 5.92 Å². The van der Waals surface area contributed by atoms with Gasteiger partial charge in [-0.25, -0.2) is 0 Å². The molecule has 88 valence electrons. The van der Waals surface area contributed by atoms with E-state index in [4.69, 9.17) is 0 Å². The van der Waals surface area contributed by atoms with Gasteiger partial charge in [-0.3, -0.25) is 4.99 Å². The van der Waals surface area contributed by atoms with E-state index in [1.54, 1.807) is 0 Å². The molecule has 0 aromatic carbocycles. The Hall–Kier alpha value is 0.0200. The minimum atomic E-state index is 0.631. The van der Waals surface area contributed by atoms with Gasteiger partial charge in [0, 0.05) is 5.75 Å².